The Morgan fingerprint density at radius 3 is 2.56 bits per heavy atom. The van der Waals surface area contributed by atoms with Crippen molar-refractivity contribution < 1.29 is 4.74 Å². The van der Waals surface area contributed by atoms with Gasteiger partial charge in [-0.05, 0) is 41.9 Å². The van der Waals surface area contributed by atoms with E-state index in [2.05, 4.69) is 54.9 Å². The Labute approximate surface area is 119 Å². The molecule has 0 aromatic heterocycles. The van der Waals surface area contributed by atoms with Gasteiger partial charge in [0.05, 0.1) is 10.9 Å². The Kier molecular flexibility index (Phi) is 4.85. The molecule has 1 fully saturated rings. The van der Waals surface area contributed by atoms with Gasteiger partial charge in [0.1, 0.15) is 0 Å². The lowest BCUT2D eigenvalue weighted by Gasteiger charge is -2.22. The van der Waals surface area contributed by atoms with E-state index in [1.807, 2.05) is 0 Å². The molecule has 0 N–H and O–H groups in total. The van der Waals surface area contributed by atoms with Crippen LogP contribution < -0.4 is 0 Å². The van der Waals surface area contributed by atoms with Gasteiger partial charge in [0.2, 0.25) is 0 Å². The lowest BCUT2D eigenvalue weighted by molar-refractivity contribution is 0.0935. The van der Waals surface area contributed by atoms with Crippen molar-refractivity contribution in [2.45, 2.75) is 51.0 Å². The summed E-state index contributed by atoms with van der Waals surface area (Å²) in [5.41, 5.74) is 4.31. The second kappa shape index (κ2) is 6.21. The van der Waals surface area contributed by atoms with Gasteiger partial charge >= 0.3 is 0 Å². The zero-order valence-electron chi connectivity index (χ0n) is 11.6. The van der Waals surface area contributed by atoms with Crippen molar-refractivity contribution in [2.24, 2.45) is 5.92 Å². The van der Waals surface area contributed by atoms with Crippen molar-refractivity contribution in [1.82, 2.24) is 0 Å². The van der Waals surface area contributed by atoms with Crippen LogP contribution in [0.2, 0.25) is 0 Å². The maximum Gasteiger partial charge on any atom is 0.0767 e. The van der Waals surface area contributed by atoms with Gasteiger partial charge in [-0.2, -0.15) is 0 Å². The molecule has 100 valence electrons. The van der Waals surface area contributed by atoms with E-state index in [0.29, 0.717) is 16.8 Å². The minimum absolute atomic E-state index is 0.321. The minimum Gasteiger partial charge on any atom is -0.376 e. The van der Waals surface area contributed by atoms with Gasteiger partial charge < -0.3 is 4.74 Å². The molecule has 1 aromatic carbocycles. The first-order valence-electron chi connectivity index (χ1n) is 7.04. The average Bonchev–Trinajstić information content (AvgIpc) is 2.83. The molecule has 3 atom stereocenters. The zero-order chi connectivity index (χ0) is 13.1. The van der Waals surface area contributed by atoms with E-state index < -0.39 is 0 Å². The van der Waals surface area contributed by atoms with Crippen LogP contribution in [0.4, 0.5) is 0 Å². The topological polar surface area (TPSA) is 9.23 Å². The molecular formula is C16H23BrO. The van der Waals surface area contributed by atoms with Crippen molar-refractivity contribution in [3.8, 4) is 0 Å². The smallest absolute Gasteiger partial charge is 0.0767 e. The first-order valence-corrected chi connectivity index (χ1v) is 7.96. The number of hydrogen-bond acceptors (Lipinski definition) is 1. The quantitative estimate of drug-likeness (QED) is 0.734. The summed E-state index contributed by atoms with van der Waals surface area (Å²) in [5.74, 6) is 0.644. The summed E-state index contributed by atoms with van der Waals surface area (Å²) in [4.78, 5) is 0.325. The van der Waals surface area contributed by atoms with Crippen molar-refractivity contribution in [3.63, 3.8) is 0 Å². The Morgan fingerprint density at radius 2 is 2.00 bits per heavy atom. The van der Waals surface area contributed by atoms with Crippen LogP contribution in [0.3, 0.4) is 0 Å². The van der Waals surface area contributed by atoms with Gasteiger partial charge in [0.15, 0.2) is 0 Å². The monoisotopic (exact) mass is 310 g/mol. The Morgan fingerprint density at radius 1 is 1.28 bits per heavy atom. The summed E-state index contributed by atoms with van der Waals surface area (Å²) >= 11 is 3.84. The summed E-state index contributed by atoms with van der Waals surface area (Å²) < 4.78 is 5.86. The highest BCUT2D eigenvalue weighted by Gasteiger charge is 2.31. The maximum absolute atomic E-state index is 5.86. The maximum atomic E-state index is 5.86. The summed E-state index contributed by atoms with van der Waals surface area (Å²) in [7, 11) is 0. The van der Waals surface area contributed by atoms with Gasteiger partial charge in [-0.25, -0.2) is 0 Å². The molecule has 0 aliphatic carbocycles. The van der Waals surface area contributed by atoms with Crippen LogP contribution in [0.1, 0.15) is 48.7 Å². The fourth-order valence-electron chi connectivity index (χ4n) is 2.77. The number of hydrogen-bond donors (Lipinski definition) is 0. The van der Waals surface area contributed by atoms with Gasteiger partial charge in [-0.1, -0.05) is 54.9 Å². The SMILES string of the molecule is CCc1ccc(C(Br)C2OCCC2C)cc1CC. The second-order valence-corrected chi connectivity index (χ2v) is 6.22. The molecule has 0 amide bonds. The van der Waals surface area contributed by atoms with Gasteiger partial charge in [-0.3, -0.25) is 0 Å². The third-order valence-corrected chi connectivity index (χ3v) is 5.09. The third kappa shape index (κ3) is 2.80. The molecule has 1 aromatic rings. The van der Waals surface area contributed by atoms with Gasteiger partial charge in [0, 0.05) is 6.61 Å². The van der Waals surface area contributed by atoms with Crippen LogP contribution in [0.15, 0.2) is 18.2 Å². The number of halogens is 1. The van der Waals surface area contributed by atoms with E-state index in [-0.39, 0.29) is 0 Å². The number of aryl methyl sites for hydroxylation is 2. The molecule has 2 heteroatoms. The zero-order valence-corrected chi connectivity index (χ0v) is 13.2. The molecule has 2 rings (SSSR count). The van der Waals surface area contributed by atoms with E-state index in [0.717, 1.165) is 19.4 Å². The highest BCUT2D eigenvalue weighted by atomic mass is 79.9. The molecule has 3 unspecified atom stereocenters. The molecule has 1 aliphatic rings. The van der Waals surface area contributed by atoms with Gasteiger partial charge in [0.25, 0.3) is 0 Å². The molecule has 1 aliphatic heterocycles. The number of ether oxygens (including phenoxy) is 1. The van der Waals surface area contributed by atoms with Crippen molar-refractivity contribution in [2.75, 3.05) is 6.61 Å². The molecule has 18 heavy (non-hydrogen) atoms. The molecule has 0 radical (unpaired) electrons. The summed E-state index contributed by atoms with van der Waals surface area (Å²) in [5, 5.41) is 0. The van der Waals surface area contributed by atoms with E-state index in [1.54, 1.807) is 0 Å². The van der Waals surface area contributed by atoms with Crippen LogP contribution >= 0.6 is 15.9 Å². The molecule has 1 saturated heterocycles. The van der Waals surface area contributed by atoms with E-state index in [9.17, 15) is 0 Å². The Hall–Kier alpha value is -0.340. The highest BCUT2D eigenvalue weighted by molar-refractivity contribution is 9.09. The van der Waals surface area contributed by atoms with Crippen molar-refractivity contribution in [1.29, 1.82) is 0 Å². The van der Waals surface area contributed by atoms with Crippen LogP contribution in [0.5, 0.6) is 0 Å². The minimum atomic E-state index is 0.321. The molecule has 0 saturated carbocycles. The fraction of sp³-hybridized carbons (Fsp3) is 0.625. The highest BCUT2D eigenvalue weighted by Crippen LogP contribution is 2.37. The molecule has 1 heterocycles. The van der Waals surface area contributed by atoms with Crippen molar-refractivity contribution >= 4 is 15.9 Å². The molecule has 0 spiro atoms. The molecule has 0 bridgehead atoms. The van der Waals surface area contributed by atoms with Gasteiger partial charge in [-0.15, -0.1) is 0 Å². The van der Waals surface area contributed by atoms with E-state index >= 15 is 0 Å². The third-order valence-electron chi connectivity index (χ3n) is 4.04. The first-order chi connectivity index (χ1) is 8.67. The van der Waals surface area contributed by atoms with Crippen molar-refractivity contribution in [3.05, 3.63) is 34.9 Å². The Balaban J connectivity index is 2.22. The predicted molar refractivity (Wildman–Crippen MR) is 80.4 cm³/mol. The van der Waals surface area contributed by atoms with Crippen LogP contribution in [0.25, 0.3) is 0 Å². The Bertz CT molecular complexity index is 402. The second-order valence-electron chi connectivity index (χ2n) is 5.24. The predicted octanol–water partition coefficient (Wildman–Crippen LogP) is 4.67. The summed E-state index contributed by atoms with van der Waals surface area (Å²) in [6.07, 6.45) is 3.73. The van der Waals surface area contributed by atoms with Crippen LogP contribution in [-0.4, -0.2) is 12.7 Å². The lowest BCUT2D eigenvalue weighted by Crippen LogP contribution is -2.19. The van der Waals surface area contributed by atoms with Crippen LogP contribution in [-0.2, 0) is 17.6 Å². The average molecular weight is 311 g/mol. The standard InChI is InChI=1S/C16H23BrO/c1-4-12-6-7-14(10-13(12)5-2)15(17)16-11(3)8-9-18-16/h6-7,10-11,15-16H,4-5,8-9H2,1-3H3. The summed E-state index contributed by atoms with van der Waals surface area (Å²) in [6.45, 7) is 7.65. The fourth-order valence-corrected chi connectivity index (χ4v) is 3.73. The number of alkyl halides is 1. The molecule has 1 nitrogen and oxygen atoms in total. The number of rotatable bonds is 4. The van der Waals surface area contributed by atoms with E-state index in [1.165, 1.54) is 23.1 Å². The van der Waals surface area contributed by atoms with Crippen LogP contribution in [0, 0.1) is 5.92 Å². The normalized spacial score (nSPS) is 25.3. The number of benzene rings is 1. The lowest BCUT2D eigenvalue weighted by atomic mass is 9.94. The summed E-state index contributed by atoms with van der Waals surface area (Å²) in [6, 6.07) is 6.89. The first kappa shape index (κ1) is 14.1. The largest absolute Gasteiger partial charge is 0.376 e. The van der Waals surface area contributed by atoms with E-state index in [4.69, 9.17) is 4.74 Å². The molecular weight excluding hydrogens is 288 g/mol.